The summed E-state index contributed by atoms with van der Waals surface area (Å²) in [5.41, 5.74) is 2.15. The number of thioether (sulfide) groups is 1. The molecular formula is C20H22ClNO3S. The third-order valence-electron chi connectivity index (χ3n) is 3.81. The minimum absolute atomic E-state index is 0.0369. The Morgan fingerprint density at radius 3 is 2.46 bits per heavy atom. The van der Waals surface area contributed by atoms with Crippen LogP contribution in [0.3, 0.4) is 0 Å². The van der Waals surface area contributed by atoms with Crippen LogP contribution in [-0.2, 0) is 20.7 Å². The van der Waals surface area contributed by atoms with E-state index in [-0.39, 0.29) is 23.7 Å². The Labute approximate surface area is 163 Å². The molecule has 4 nitrogen and oxygen atoms in total. The molecule has 0 spiro atoms. The smallest absolute Gasteiger partial charge is 0.315 e. The second-order valence-electron chi connectivity index (χ2n) is 5.74. The molecule has 26 heavy (non-hydrogen) atoms. The van der Waals surface area contributed by atoms with E-state index in [2.05, 4.69) is 10.1 Å². The van der Waals surface area contributed by atoms with E-state index in [9.17, 15) is 9.59 Å². The minimum atomic E-state index is -0.277. The molecule has 1 N–H and O–H groups in total. The average Bonchev–Trinajstić information content (AvgIpc) is 2.67. The van der Waals surface area contributed by atoms with Gasteiger partial charge in [0, 0.05) is 17.2 Å². The van der Waals surface area contributed by atoms with Gasteiger partial charge in [0.15, 0.2) is 0 Å². The molecule has 1 amide bonds. The molecule has 2 aromatic carbocycles. The fourth-order valence-electron chi connectivity index (χ4n) is 2.44. The first-order chi connectivity index (χ1) is 12.6. The van der Waals surface area contributed by atoms with E-state index in [0.717, 1.165) is 11.1 Å². The van der Waals surface area contributed by atoms with Gasteiger partial charge in [0.05, 0.1) is 18.9 Å². The third-order valence-corrected chi connectivity index (χ3v) is 5.00. The standard InChI is InChI=1S/C20H22ClNO3S/c1-25-20(24)14-26-12-11-19(23)22-18(16-5-3-2-4-6-16)13-15-7-9-17(21)10-8-15/h2-10,18H,11-14H2,1H3,(H,22,23). The van der Waals surface area contributed by atoms with Crippen molar-refractivity contribution >= 4 is 35.2 Å². The van der Waals surface area contributed by atoms with E-state index in [1.165, 1.54) is 18.9 Å². The van der Waals surface area contributed by atoms with Crippen molar-refractivity contribution in [3.63, 3.8) is 0 Å². The molecule has 0 fully saturated rings. The quantitative estimate of drug-likeness (QED) is 0.517. The number of rotatable bonds is 9. The van der Waals surface area contributed by atoms with Crippen LogP contribution in [0.4, 0.5) is 0 Å². The highest BCUT2D eigenvalue weighted by molar-refractivity contribution is 7.99. The van der Waals surface area contributed by atoms with Gasteiger partial charge in [-0.1, -0.05) is 54.1 Å². The molecule has 0 bridgehead atoms. The SMILES string of the molecule is COC(=O)CSCCC(=O)NC(Cc1ccc(Cl)cc1)c1ccccc1. The van der Waals surface area contributed by atoms with Gasteiger partial charge in [-0.3, -0.25) is 9.59 Å². The highest BCUT2D eigenvalue weighted by Gasteiger charge is 2.15. The lowest BCUT2D eigenvalue weighted by Crippen LogP contribution is -2.30. The lowest BCUT2D eigenvalue weighted by atomic mass is 9.98. The summed E-state index contributed by atoms with van der Waals surface area (Å²) < 4.78 is 4.58. The summed E-state index contributed by atoms with van der Waals surface area (Å²) in [6.07, 6.45) is 1.04. The molecule has 138 valence electrons. The first-order valence-electron chi connectivity index (χ1n) is 8.32. The van der Waals surface area contributed by atoms with Crippen molar-refractivity contribution in [3.8, 4) is 0 Å². The fourth-order valence-corrected chi connectivity index (χ4v) is 3.32. The summed E-state index contributed by atoms with van der Waals surface area (Å²) in [5, 5.41) is 3.79. The average molecular weight is 392 g/mol. The van der Waals surface area contributed by atoms with Gasteiger partial charge >= 0.3 is 5.97 Å². The normalized spacial score (nSPS) is 11.6. The Kier molecular flexibility index (Phi) is 8.51. The molecule has 2 aromatic rings. The van der Waals surface area contributed by atoms with Gasteiger partial charge < -0.3 is 10.1 Å². The van der Waals surface area contributed by atoms with Crippen molar-refractivity contribution in [2.45, 2.75) is 18.9 Å². The van der Waals surface area contributed by atoms with E-state index in [1.807, 2.05) is 54.6 Å². The number of carbonyl (C=O) groups excluding carboxylic acids is 2. The second-order valence-corrected chi connectivity index (χ2v) is 7.28. The molecule has 6 heteroatoms. The maximum absolute atomic E-state index is 12.3. The number of carbonyl (C=O) groups is 2. The molecular weight excluding hydrogens is 370 g/mol. The Hall–Kier alpha value is -1.98. The number of halogens is 1. The number of hydrogen-bond donors (Lipinski definition) is 1. The topological polar surface area (TPSA) is 55.4 Å². The number of ether oxygens (including phenoxy) is 1. The number of esters is 1. The van der Waals surface area contributed by atoms with Gasteiger partial charge in [0.2, 0.25) is 5.91 Å². The summed E-state index contributed by atoms with van der Waals surface area (Å²) in [6, 6.07) is 17.4. The first kappa shape index (κ1) is 20.3. The Morgan fingerprint density at radius 2 is 1.81 bits per heavy atom. The van der Waals surface area contributed by atoms with Gasteiger partial charge in [-0.15, -0.1) is 11.8 Å². The summed E-state index contributed by atoms with van der Waals surface area (Å²) in [5.74, 6) is 0.519. The number of amides is 1. The van der Waals surface area contributed by atoms with E-state index < -0.39 is 0 Å². The van der Waals surface area contributed by atoms with Crippen LogP contribution >= 0.6 is 23.4 Å². The lowest BCUT2D eigenvalue weighted by Gasteiger charge is -2.19. The summed E-state index contributed by atoms with van der Waals surface area (Å²) in [4.78, 5) is 23.4. The van der Waals surface area contributed by atoms with Crippen LogP contribution in [0.25, 0.3) is 0 Å². The molecule has 0 aromatic heterocycles. The van der Waals surface area contributed by atoms with Gasteiger partial charge in [-0.2, -0.15) is 0 Å². The second kappa shape index (κ2) is 10.9. The molecule has 0 aliphatic carbocycles. The van der Waals surface area contributed by atoms with Crippen LogP contribution in [0.2, 0.25) is 5.02 Å². The van der Waals surface area contributed by atoms with Gasteiger partial charge in [0.1, 0.15) is 0 Å². The Bertz CT molecular complexity index is 707. The maximum atomic E-state index is 12.3. The molecule has 1 unspecified atom stereocenters. The molecule has 0 aliphatic rings. The number of nitrogens with one attached hydrogen (secondary N) is 1. The molecule has 1 atom stereocenters. The Balaban J connectivity index is 1.94. The molecule has 0 aliphatic heterocycles. The number of methoxy groups -OCH3 is 1. The van der Waals surface area contributed by atoms with E-state index >= 15 is 0 Å². The Morgan fingerprint density at radius 1 is 1.12 bits per heavy atom. The predicted octanol–water partition coefficient (Wildman–Crippen LogP) is 4.04. The third kappa shape index (κ3) is 7.10. The molecule has 0 heterocycles. The highest BCUT2D eigenvalue weighted by atomic mass is 35.5. The van der Waals surface area contributed by atoms with Crippen LogP contribution in [0.5, 0.6) is 0 Å². The van der Waals surface area contributed by atoms with Gasteiger partial charge in [-0.25, -0.2) is 0 Å². The van der Waals surface area contributed by atoms with E-state index in [4.69, 9.17) is 11.6 Å². The van der Waals surface area contributed by atoms with Crippen LogP contribution in [0.15, 0.2) is 54.6 Å². The van der Waals surface area contributed by atoms with Gasteiger partial charge in [-0.05, 0) is 29.7 Å². The fraction of sp³-hybridized carbons (Fsp3) is 0.300. The number of benzene rings is 2. The molecule has 0 radical (unpaired) electrons. The predicted molar refractivity (Wildman–Crippen MR) is 106 cm³/mol. The zero-order valence-electron chi connectivity index (χ0n) is 14.6. The first-order valence-corrected chi connectivity index (χ1v) is 9.85. The zero-order chi connectivity index (χ0) is 18.8. The molecule has 0 saturated heterocycles. The van der Waals surface area contributed by atoms with E-state index in [0.29, 0.717) is 23.6 Å². The minimum Gasteiger partial charge on any atom is -0.468 e. The van der Waals surface area contributed by atoms with Crippen LogP contribution in [0, 0.1) is 0 Å². The monoisotopic (exact) mass is 391 g/mol. The lowest BCUT2D eigenvalue weighted by molar-refractivity contribution is -0.137. The molecule has 0 saturated carbocycles. The van der Waals surface area contributed by atoms with Crippen LogP contribution < -0.4 is 5.32 Å². The van der Waals surface area contributed by atoms with E-state index in [1.54, 1.807) is 0 Å². The van der Waals surface area contributed by atoms with Crippen LogP contribution in [0.1, 0.15) is 23.6 Å². The van der Waals surface area contributed by atoms with Crippen molar-refractivity contribution in [3.05, 3.63) is 70.7 Å². The zero-order valence-corrected chi connectivity index (χ0v) is 16.2. The summed E-state index contributed by atoms with van der Waals surface area (Å²) >= 11 is 7.34. The largest absolute Gasteiger partial charge is 0.468 e. The van der Waals surface area contributed by atoms with Crippen molar-refractivity contribution in [2.75, 3.05) is 18.6 Å². The van der Waals surface area contributed by atoms with Crippen LogP contribution in [-0.4, -0.2) is 30.5 Å². The highest BCUT2D eigenvalue weighted by Crippen LogP contribution is 2.20. The number of hydrogen-bond acceptors (Lipinski definition) is 4. The van der Waals surface area contributed by atoms with Crippen molar-refractivity contribution < 1.29 is 14.3 Å². The van der Waals surface area contributed by atoms with Crippen molar-refractivity contribution in [1.82, 2.24) is 5.32 Å². The van der Waals surface area contributed by atoms with Crippen molar-refractivity contribution in [2.24, 2.45) is 0 Å². The summed E-state index contributed by atoms with van der Waals surface area (Å²) in [7, 11) is 1.36. The summed E-state index contributed by atoms with van der Waals surface area (Å²) in [6.45, 7) is 0. The van der Waals surface area contributed by atoms with Crippen molar-refractivity contribution in [1.29, 1.82) is 0 Å². The molecule has 2 rings (SSSR count). The maximum Gasteiger partial charge on any atom is 0.315 e. The van der Waals surface area contributed by atoms with Gasteiger partial charge in [0.25, 0.3) is 0 Å².